The minimum Gasteiger partial charge on any atom is -0.230 e. The first-order valence-electron chi connectivity index (χ1n) is 3.23. The molecule has 0 spiro atoms. The molecule has 0 saturated heterocycles. The molecule has 0 aliphatic heterocycles. The van der Waals surface area contributed by atoms with Gasteiger partial charge in [-0.25, -0.2) is 22.8 Å². The lowest BCUT2D eigenvalue weighted by Crippen LogP contribution is -2.16. The second-order valence-electron chi connectivity index (χ2n) is 2.19. The summed E-state index contributed by atoms with van der Waals surface area (Å²) in [5.41, 5.74) is -0.969. The summed E-state index contributed by atoms with van der Waals surface area (Å²) in [5, 5.41) is 0. The van der Waals surface area contributed by atoms with E-state index in [1.807, 2.05) is 0 Å². The van der Waals surface area contributed by atoms with Gasteiger partial charge in [0.15, 0.2) is 0 Å². The van der Waals surface area contributed by atoms with E-state index in [-0.39, 0.29) is 0 Å². The highest BCUT2D eigenvalue weighted by molar-refractivity contribution is 5.11. The van der Waals surface area contributed by atoms with E-state index in [0.717, 1.165) is 0 Å². The van der Waals surface area contributed by atoms with Crippen LogP contribution in [0.2, 0.25) is 0 Å². The highest BCUT2D eigenvalue weighted by Gasteiger charge is 2.39. The Bertz CT molecular complexity index is 201. The molecular weight excluding hydrogens is 136 g/mol. The molecule has 0 atom stereocenters. The number of nitrogens with zero attached hydrogens (tertiary/aromatic N) is 2. The summed E-state index contributed by atoms with van der Waals surface area (Å²) in [4.78, 5) is 6.54. The standard InChI is InChI=1S/C9H10N2/c1-5-7-9(10-3,11-4)8-6-2/h5-6H,1-2,7-8H2. The monoisotopic (exact) mass is 146 g/mol. The Labute approximate surface area is 67.5 Å². The summed E-state index contributed by atoms with van der Waals surface area (Å²) in [6.45, 7) is 20.7. The smallest absolute Gasteiger partial charge is 0.230 e. The molecule has 56 valence electrons. The van der Waals surface area contributed by atoms with Crippen molar-refractivity contribution < 1.29 is 0 Å². The van der Waals surface area contributed by atoms with E-state index in [9.17, 15) is 0 Å². The zero-order chi connectivity index (χ0) is 8.74. The average molecular weight is 146 g/mol. The van der Waals surface area contributed by atoms with E-state index >= 15 is 0 Å². The van der Waals surface area contributed by atoms with Gasteiger partial charge in [-0.2, -0.15) is 0 Å². The minimum absolute atomic E-state index is 0.409. The molecule has 0 rings (SSSR count). The van der Waals surface area contributed by atoms with Crippen LogP contribution in [0.25, 0.3) is 9.69 Å². The van der Waals surface area contributed by atoms with Crippen molar-refractivity contribution in [1.29, 1.82) is 0 Å². The molecule has 0 saturated carbocycles. The Morgan fingerprint density at radius 1 is 1.09 bits per heavy atom. The highest BCUT2D eigenvalue weighted by Crippen LogP contribution is 2.23. The molecule has 2 nitrogen and oxygen atoms in total. The summed E-state index contributed by atoms with van der Waals surface area (Å²) in [7, 11) is 0. The fraction of sp³-hybridized carbons (Fsp3) is 0.333. The molecule has 0 amide bonds. The lowest BCUT2D eigenvalue weighted by Gasteiger charge is -2.03. The maximum Gasteiger partial charge on any atom is 0.489 e. The van der Waals surface area contributed by atoms with Crippen LogP contribution in [0.1, 0.15) is 12.8 Å². The Balaban J connectivity index is 4.51. The van der Waals surface area contributed by atoms with Crippen molar-refractivity contribution in [3.8, 4) is 0 Å². The van der Waals surface area contributed by atoms with Crippen molar-refractivity contribution in [1.82, 2.24) is 0 Å². The van der Waals surface area contributed by atoms with Gasteiger partial charge in [0, 0.05) is 0 Å². The van der Waals surface area contributed by atoms with Crippen LogP contribution >= 0.6 is 0 Å². The Morgan fingerprint density at radius 3 is 1.64 bits per heavy atom. The lowest BCUT2D eigenvalue weighted by molar-refractivity contribution is 0.632. The highest BCUT2D eigenvalue weighted by atomic mass is 15.0. The first-order valence-corrected chi connectivity index (χ1v) is 3.23. The molecule has 11 heavy (non-hydrogen) atoms. The second-order valence-corrected chi connectivity index (χ2v) is 2.19. The fourth-order valence-corrected chi connectivity index (χ4v) is 0.753. The van der Waals surface area contributed by atoms with Crippen LogP contribution in [0.5, 0.6) is 0 Å². The molecule has 0 N–H and O–H groups in total. The summed E-state index contributed by atoms with van der Waals surface area (Å²) >= 11 is 0. The summed E-state index contributed by atoms with van der Waals surface area (Å²) in [6.07, 6.45) is 4.01. The van der Waals surface area contributed by atoms with Crippen LogP contribution in [-0.2, 0) is 0 Å². The third-order valence-electron chi connectivity index (χ3n) is 1.36. The van der Waals surface area contributed by atoms with Gasteiger partial charge in [-0.15, -0.1) is 13.2 Å². The Hall–Kier alpha value is -1.54. The fourth-order valence-electron chi connectivity index (χ4n) is 0.753. The summed E-state index contributed by atoms with van der Waals surface area (Å²) < 4.78 is 0. The van der Waals surface area contributed by atoms with Gasteiger partial charge in [-0.1, -0.05) is 12.2 Å². The van der Waals surface area contributed by atoms with Gasteiger partial charge in [-0.3, -0.25) is 0 Å². The quantitative estimate of drug-likeness (QED) is 0.426. The largest absolute Gasteiger partial charge is 0.489 e. The SMILES string of the molecule is [C-]#[N+]C(CC=C)(CC=C)[N+]#[C-]. The number of rotatable bonds is 4. The normalized spacial score (nSPS) is 9.27. The van der Waals surface area contributed by atoms with Crippen molar-refractivity contribution in [2.45, 2.75) is 18.5 Å². The third-order valence-corrected chi connectivity index (χ3v) is 1.36. The predicted octanol–water partition coefficient (Wildman–Crippen LogP) is 2.67. The zero-order valence-corrected chi connectivity index (χ0v) is 6.38. The molecule has 0 aliphatic rings. The number of hydrogen-bond acceptors (Lipinski definition) is 0. The van der Waals surface area contributed by atoms with Gasteiger partial charge >= 0.3 is 5.66 Å². The van der Waals surface area contributed by atoms with Crippen molar-refractivity contribution in [3.05, 3.63) is 48.1 Å². The molecule has 0 radical (unpaired) electrons. The topological polar surface area (TPSA) is 8.72 Å². The van der Waals surface area contributed by atoms with Gasteiger partial charge in [-0.05, 0) is 0 Å². The van der Waals surface area contributed by atoms with Crippen LogP contribution in [0.4, 0.5) is 0 Å². The zero-order valence-electron chi connectivity index (χ0n) is 6.38. The minimum atomic E-state index is -0.969. The molecule has 0 aliphatic carbocycles. The van der Waals surface area contributed by atoms with E-state index in [1.54, 1.807) is 12.2 Å². The summed E-state index contributed by atoms with van der Waals surface area (Å²) in [6, 6.07) is 0. The lowest BCUT2D eigenvalue weighted by atomic mass is 10.0. The van der Waals surface area contributed by atoms with Gasteiger partial charge in [0.2, 0.25) is 0 Å². The van der Waals surface area contributed by atoms with Crippen LogP contribution in [-0.4, -0.2) is 5.66 Å². The molecule has 0 aromatic rings. The van der Waals surface area contributed by atoms with Gasteiger partial charge in [0.1, 0.15) is 12.8 Å². The predicted molar refractivity (Wildman–Crippen MR) is 45.6 cm³/mol. The van der Waals surface area contributed by atoms with E-state index in [1.165, 1.54) is 0 Å². The van der Waals surface area contributed by atoms with Gasteiger partial charge in [0.05, 0.1) is 0 Å². The molecule has 0 unspecified atom stereocenters. The maximum atomic E-state index is 6.83. The molecule has 0 heterocycles. The molecule has 2 heteroatoms. The van der Waals surface area contributed by atoms with Gasteiger partial charge in [0.25, 0.3) is 0 Å². The molecule has 0 fully saturated rings. The number of hydrogen-bond donors (Lipinski definition) is 0. The van der Waals surface area contributed by atoms with E-state index in [2.05, 4.69) is 22.8 Å². The third kappa shape index (κ3) is 2.27. The van der Waals surface area contributed by atoms with Crippen LogP contribution in [0, 0.1) is 13.1 Å². The van der Waals surface area contributed by atoms with Crippen molar-refractivity contribution in [2.24, 2.45) is 0 Å². The molecule has 0 aromatic carbocycles. The van der Waals surface area contributed by atoms with Crippen molar-refractivity contribution in [3.63, 3.8) is 0 Å². The first kappa shape index (κ1) is 9.46. The van der Waals surface area contributed by atoms with E-state index < -0.39 is 5.66 Å². The van der Waals surface area contributed by atoms with E-state index in [4.69, 9.17) is 13.1 Å². The summed E-state index contributed by atoms with van der Waals surface area (Å²) in [5.74, 6) is 0. The van der Waals surface area contributed by atoms with Gasteiger partial charge < -0.3 is 0 Å². The van der Waals surface area contributed by atoms with Crippen LogP contribution in [0.15, 0.2) is 25.3 Å². The molecule has 0 aromatic heterocycles. The van der Waals surface area contributed by atoms with Crippen molar-refractivity contribution >= 4 is 0 Å². The molecule has 0 bridgehead atoms. The second kappa shape index (κ2) is 4.30. The first-order chi connectivity index (χ1) is 5.24. The Kier molecular flexibility index (Phi) is 3.70. The molecular formula is C9H10N2. The van der Waals surface area contributed by atoms with Crippen LogP contribution in [0.3, 0.4) is 0 Å². The van der Waals surface area contributed by atoms with E-state index in [0.29, 0.717) is 12.8 Å². The van der Waals surface area contributed by atoms with Crippen molar-refractivity contribution in [2.75, 3.05) is 0 Å². The average Bonchev–Trinajstić information content (AvgIpc) is 2.04. The Morgan fingerprint density at radius 2 is 1.45 bits per heavy atom. The van der Waals surface area contributed by atoms with Crippen LogP contribution < -0.4 is 0 Å². The maximum absolute atomic E-state index is 6.83.